The van der Waals surface area contributed by atoms with Gasteiger partial charge in [-0.05, 0) is 37.3 Å². The van der Waals surface area contributed by atoms with E-state index in [0.717, 1.165) is 17.3 Å². The number of esters is 1. The average Bonchev–Trinajstić information content (AvgIpc) is 3.08. The molecule has 7 nitrogen and oxygen atoms in total. The van der Waals surface area contributed by atoms with Gasteiger partial charge in [0.05, 0.1) is 24.6 Å². The predicted molar refractivity (Wildman–Crippen MR) is 115 cm³/mol. The molecule has 1 aliphatic rings. The highest BCUT2D eigenvalue weighted by Gasteiger charge is 2.28. The van der Waals surface area contributed by atoms with Gasteiger partial charge in [-0.3, -0.25) is 0 Å². The second-order valence-electron chi connectivity index (χ2n) is 7.06. The fourth-order valence-electron chi connectivity index (χ4n) is 3.19. The van der Waals surface area contributed by atoms with Crippen molar-refractivity contribution in [3.8, 4) is 17.2 Å². The van der Waals surface area contributed by atoms with Crippen molar-refractivity contribution < 1.29 is 19.0 Å². The van der Waals surface area contributed by atoms with Gasteiger partial charge >= 0.3 is 5.97 Å². The van der Waals surface area contributed by atoms with Gasteiger partial charge in [0.15, 0.2) is 5.82 Å². The Bertz CT molecular complexity index is 1050. The molecule has 1 atom stereocenters. The standard InChI is InChI=1S/C23H23N3O4/c1-15-7-9-17(10-8-15)30-19-12-20-22(24-13-19)25-21(26(20)2)14-29-18-6-4-5-16(11-18)23(27)28-3/h4-13,21H,14H2,1-3H3,(H,24,25). The highest BCUT2D eigenvalue weighted by Crippen LogP contribution is 2.35. The molecule has 7 heteroatoms. The summed E-state index contributed by atoms with van der Waals surface area (Å²) < 4.78 is 16.6. The van der Waals surface area contributed by atoms with E-state index in [1.807, 2.05) is 44.3 Å². The van der Waals surface area contributed by atoms with E-state index in [0.29, 0.717) is 23.7 Å². The number of nitrogens with one attached hydrogen (secondary N) is 1. The van der Waals surface area contributed by atoms with E-state index in [1.165, 1.54) is 12.7 Å². The van der Waals surface area contributed by atoms with Gasteiger partial charge in [-0.2, -0.15) is 0 Å². The number of anilines is 2. The maximum Gasteiger partial charge on any atom is 0.337 e. The molecule has 1 aromatic heterocycles. The van der Waals surface area contributed by atoms with Crippen molar-refractivity contribution in [2.24, 2.45) is 0 Å². The lowest BCUT2D eigenvalue weighted by molar-refractivity contribution is 0.0600. The fourth-order valence-corrected chi connectivity index (χ4v) is 3.19. The van der Waals surface area contributed by atoms with Gasteiger partial charge in [0.25, 0.3) is 0 Å². The Morgan fingerprint density at radius 1 is 1.10 bits per heavy atom. The molecule has 0 saturated heterocycles. The highest BCUT2D eigenvalue weighted by molar-refractivity contribution is 5.89. The van der Waals surface area contributed by atoms with E-state index in [4.69, 9.17) is 14.2 Å². The van der Waals surface area contributed by atoms with Crippen LogP contribution in [-0.2, 0) is 4.74 Å². The molecular weight excluding hydrogens is 382 g/mol. The second-order valence-corrected chi connectivity index (χ2v) is 7.06. The quantitative estimate of drug-likeness (QED) is 0.615. The van der Waals surface area contributed by atoms with Gasteiger partial charge in [0.2, 0.25) is 0 Å². The molecule has 0 amide bonds. The number of aromatic nitrogens is 1. The molecular formula is C23H23N3O4. The third kappa shape index (κ3) is 4.15. The molecule has 3 aromatic rings. The molecule has 154 valence electrons. The van der Waals surface area contributed by atoms with Crippen molar-refractivity contribution in [3.05, 3.63) is 71.9 Å². The van der Waals surface area contributed by atoms with Gasteiger partial charge in [-0.25, -0.2) is 9.78 Å². The number of carbonyl (C=O) groups excluding carboxylic acids is 1. The van der Waals surface area contributed by atoms with E-state index in [9.17, 15) is 4.79 Å². The van der Waals surface area contributed by atoms with Crippen LogP contribution in [0.5, 0.6) is 17.2 Å². The molecule has 0 aliphatic carbocycles. The van der Waals surface area contributed by atoms with Crippen LogP contribution >= 0.6 is 0 Å². The number of nitrogens with zero attached hydrogens (tertiary/aromatic N) is 2. The largest absolute Gasteiger partial charge is 0.489 e. The van der Waals surface area contributed by atoms with Crippen LogP contribution < -0.4 is 19.7 Å². The summed E-state index contributed by atoms with van der Waals surface area (Å²) in [5, 5.41) is 3.34. The zero-order valence-electron chi connectivity index (χ0n) is 17.1. The summed E-state index contributed by atoms with van der Waals surface area (Å²) in [6.07, 6.45) is 1.59. The lowest BCUT2D eigenvalue weighted by atomic mass is 10.2. The number of methoxy groups -OCH3 is 1. The monoisotopic (exact) mass is 405 g/mol. The van der Waals surface area contributed by atoms with Crippen molar-refractivity contribution >= 4 is 17.5 Å². The summed E-state index contributed by atoms with van der Waals surface area (Å²) in [5.74, 6) is 2.40. The number of benzene rings is 2. The Morgan fingerprint density at radius 3 is 2.67 bits per heavy atom. The third-order valence-electron chi connectivity index (χ3n) is 4.91. The molecule has 0 saturated carbocycles. The highest BCUT2D eigenvalue weighted by atomic mass is 16.5. The first-order valence-corrected chi connectivity index (χ1v) is 9.58. The molecule has 4 rings (SSSR count). The fraction of sp³-hybridized carbons (Fsp3) is 0.217. The molecule has 2 heterocycles. The van der Waals surface area contributed by atoms with Crippen LogP contribution in [0.4, 0.5) is 11.5 Å². The summed E-state index contributed by atoms with van der Waals surface area (Å²) >= 11 is 0. The van der Waals surface area contributed by atoms with Crippen molar-refractivity contribution in [2.45, 2.75) is 13.1 Å². The number of fused-ring (bicyclic) bond motifs is 1. The maximum atomic E-state index is 11.7. The van der Waals surface area contributed by atoms with Crippen molar-refractivity contribution in [3.63, 3.8) is 0 Å². The van der Waals surface area contributed by atoms with E-state index in [-0.39, 0.29) is 6.17 Å². The average molecular weight is 405 g/mol. The first-order valence-electron chi connectivity index (χ1n) is 9.58. The lowest BCUT2D eigenvalue weighted by Crippen LogP contribution is -2.37. The second kappa shape index (κ2) is 8.32. The topological polar surface area (TPSA) is 72.9 Å². The molecule has 0 bridgehead atoms. The Balaban J connectivity index is 1.42. The molecule has 0 spiro atoms. The van der Waals surface area contributed by atoms with Gasteiger partial charge < -0.3 is 24.4 Å². The smallest absolute Gasteiger partial charge is 0.337 e. The number of aryl methyl sites for hydroxylation is 1. The van der Waals surface area contributed by atoms with Crippen molar-refractivity contribution in [1.82, 2.24) is 4.98 Å². The summed E-state index contributed by atoms with van der Waals surface area (Å²) in [7, 11) is 3.32. The van der Waals surface area contributed by atoms with Crippen LogP contribution in [-0.4, -0.2) is 37.9 Å². The number of ether oxygens (including phenoxy) is 3. The van der Waals surface area contributed by atoms with E-state index >= 15 is 0 Å². The molecule has 1 aliphatic heterocycles. The van der Waals surface area contributed by atoms with Crippen LogP contribution in [0.3, 0.4) is 0 Å². The molecule has 0 radical (unpaired) electrons. The van der Waals surface area contributed by atoms with Crippen LogP contribution in [0, 0.1) is 6.92 Å². The minimum Gasteiger partial charge on any atom is -0.489 e. The zero-order valence-corrected chi connectivity index (χ0v) is 17.1. The van der Waals surface area contributed by atoms with Gasteiger partial charge in [-0.15, -0.1) is 0 Å². The number of pyridine rings is 1. The van der Waals surface area contributed by atoms with Crippen molar-refractivity contribution in [1.29, 1.82) is 0 Å². The number of carbonyl (C=O) groups is 1. The molecule has 0 fully saturated rings. The van der Waals surface area contributed by atoms with Gasteiger partial charge in [0.1, 0.15) is 30.0 Å². The van der Waals surface area contributed by atoms with Gasteiger partial charge in [-0.1, -0.05) is 23.8 Å². The van der Waals surface area contributed by atoms with Crippen LogP contribution in [0.1, 0.15) is 15.9 Å². The number of hydrogen-bond donors (Lipinski definition) is 1. The molecule has 1 unspecified atom stereocenters. The Kier molecular flexibility index (Phi) is 5.43. The third-order valence-corrected chi connectivity index (χ3v) is 4.91. The first kappa shape index (κ1) is 19.6. The minimum atomic E-state index is -0.394. The molecule has 1 N–H and O–H groups in total. The number of hydrogen-bond acceptors (Lipinski definition) is 7. The summed E-state index contributed by atoms with van der Waals surface area (Å²) in [4.78, 5) is 18.2. The summed E-state index contributed by atoms with van der Waals surface area (Å²) in [6.45, 7) is 2.40. The predicted octanol–water partition coefficient (Wildman–Crippen LogP) is 4.24. The summed E-state index contributed by atoms with van der Waals surface area (Å²) in [6, 6.07) is 16.8. The Hall–Kier alpha value is -3.74. The number of likely N-dealkylation sites (N-methyl/N-ethyl adjacent to an activating group) is 1. The van der Waals surface area contributed by atoms with E-state index in [2.05, 4.69) is 15.2 Å². The Labute approximate surface area is 175 Å². The van der Waals surface area contributed by atoms with Crippen LogP contribution in [0.15, 0.2) is 60.8 Å². The Morgan fingerprint density at radius 2 is 1.90 bits per heavy atom. The van der Waals surface area contributed by atoms with Gasteiger partial charge in [0, 0.05) is 13.1 Å². The van der Waals surface area contributed by atoms with Crippen LogP contribution in [0.2, 0.25) is 0 Å². The number of rotatable bonds is 6. The lowest BCUT2D eigenvalue weighted by Gasteiger charge is -2.22. The normalized spacial score (nSPS) is 14.6. The SMILES string of the molecule is COC(=O)c1cccc(OCC2Nc3ncc(Oc4ccc(C)cc4)cc3N2C)c1. The van der Waals surface area contributed by atoms with E-state index in [1.54, 1.807) is 30.5 Å². The molecule has 30 heavy (non-hydrogen) atoms. The van der Waals surface area contributed by atoms with Crippen LogP contribution in [0.25, 0.3) is 0 Å². The van der Waals surface area contributed by atoms with Crippen molar-refractivity contribution in [2.75, 3.05) is 31.0 Å². The molecule has 2 aromatic carbocycles. The minimum absolute atomic E-state index is 0.107. The van der Waals surface area contributed by atoms with E-state index < -0.39 is 5.97 Å². The maximum absolute atomic E-state index is 11.7. The zero-order chi connectivity index (χ0) is 21.1. The first-order chi connectivity index (χ1) is 14.5. The summed E-state index contributed by atoms with van der Waals surface area (Å²) in [5.41, 5.74) is 2.56.